The molecule has 4 rings (SSSR count). The van der Waals surface area contributed by atoms with Crippen molar-refractivity contribution in [3.8, 4) is 23.1 Å². The van der Waals surface area contributed by atoms with Crippen molar-refractivity contribution in [2.45, 2.75) is 0 Å². The number of aromatic hydroxyl groups is 2. The molecule has 2 heterocycles. The molecular weight excluding hydrogens is 363 g/mol. The van der Waals surface area contributed by atoms with Gasteiger partial charge in [-0.25, -0.2) is 14.4 Å². The van der Waals surface area contributed by atoms with Gasteiger partial charge in [0.1, 0.15) is 12.1 Å². The maximum absolute atomic E-state index is 14.1. The number of fused-ring (bicyclic) bond motifs is 2. The zero-order chi connectivity index (χ0) is 18.3. The molecule has 0 bridgehead atoms. The fourth-order valence-corrected chi connectivity index (χ4v) is 2.55. The Bertz CT molecular complexity index is 1060. The first kappa shape index (κ1) is 16.1. The van der Waals surface area contributed by atoms with E-state index >= 15 is 0 Å². The summed E-state index contributed by atoms with van der Waals surface area (Å²) in [7, 11) is 0. The number of hydrogen-bond donors (Lipinski definition) is 3. The minimum absolute atomic E-state index is 0.0340. The quantitative estimate of drug-likeness (QED) is 0.454. The molecule has 7 nitrogen and oxygen atoms in total. The van der Waals surface area contributed by atoms with Crippen LogP contribution in [0.1, 0.15) is 5.56 Å². The Morgan fingerprint density at radius 1 is 1.12 bits per heavy atom. The summed E-state index contributed by atoms with van der Waals surface area (Å²) in [5.41, 5.74) is 0.769. The van der Waals surface area contributed by atoms with E-state index in [1.807, 2.05) is 0 Å². The molecule has 130 valence electrons. The lowest BCUT2D eigenvalue weighted by Crippen LogP contribution is -1.99. The van der Waals surface area contributed by atoms with Gasteiger partial charge in [-0.3, -0.25) is 0 Å². The maximum atomic E-state index is 14.1. The van der Waals surface area contributed by atoms with Crippen LogP contribution in [0, 0.1) is 5.82 Å². The van der Waals surface area contributed by atoms with E-state index in [9.17, 15) is 14.6 Å². The third-order valence-corrected chi connectivity index (χ3v) is 3.93. The molecule has 2 aromatic carbocycles. The van der Waals surface area contributed by atoms with E-state index in [1.165, 1.54) is 36.8 Å². The second-order valence-corrected chi connectivity index (χ2v) is 5.75. The first-order valence-electron chi connectivity index (χ1n) is 7.37. The van der Waals surface area contributed by atoms with E-state index in [2.05, 4.69) is 20.3 Å². The molecule has 26 heavy (non-hydrogen) atoms. The van der Waals surface area contributed by atoms with E-state index in [0.717, 1.165) is 0 Å². The van der Waals surface area contributed by atoms with Crippen LogP contribution in [-0.2, 0) is 0 Å². The second kappa shape index (κ2) is 6.16. The molecule has 0 saturated carbocycles. The Morgan fingerprint density at radius 3 is 2.77 bits per heavy atom. The van der Waals surface area contributed by atoms with Crippen molar-refractivity contribution in [1.29, 1.82) is 0 Å². The fraction of sp³-hybridized carbons (Fsp3) is 0. The predicted molar refractivity (Wildman–Crippen MR) is 93.8 cm³/mol. The van der Waals surface area contributed by atoms with Crippen molar-refractivity contribution >= 4 is 35.0 Å². The van der Waals surface area contributed by atoms with E-state index in [-0.39, 0.29) is 45.3 Å². The maximum Gasteiger partial charge on any atom is 0.250 e. The third-order valence-electron chi connectivity index (χ3n) is 3.64. The molecule has 1 aliphatic rings. The number of phenolic OH excluding ortho intramolecular Hbond substituents is 2. The first-order valence-corrected chi connectivity index (χ1v) is 7.74. The van der Waals surface area contributed by atoms with Crippen LogP contribution >= 0.6 is 11.6 Å². The van der Waals surface area contributed by atoms with Gasteiger partial charge in [0, 0.05) is 17.8 Å². The highest BCUT2D eigenvalue weighted by Gasteiger charge is 2.20. The lowest BCUT2D eigenvalue weighted by atomic mass is 10.2. The largest absolute Gasteiger partial charge is 0.504 e. The number of aliphatic imine (C=N–C) groups is 1. The second-order valence-electron chi connectivity index (χ2n) is 5.34. The van der Waals surface area contributed by atoms with Crippen LogP contribution in [0.4, 0.5) is 21.6 Å². The summed E-state index contributed by atoms with van der Waals surface area (Å²) in [6.07, 6.45) is 2.65. The lowest BCUT2D eigenvalue weighted by Gasteiger charge is -2.12. The molecule has 0 spiro atoms. The average molecular weight is 373 g/mol. The van der Waals surface area contributed by atoms with Crippen molar-refractivity contribution in [3.05, 3.63) is 53.1 Å². The Balaban J connectivity index is 1.78. The van der Waals surface area contributed by atoms with Gasteiger partial charge in [-0.15, -0.1) is 0 Å². The fourth-order valence-electron chi connectivity index (χ4n) is 2.37. The molecular formula is C17H10ClFN4O3. The van der Waals surface area contributed by atoms with Crippen LogP contribution in [0.5, 0.6) is 23.1 Å². The van der Waals surface area contributed by atoms with E-state index < -0.39 is 5.82 Å². The molecule has 0 aliphatic carbocycles. The van der Waals surface area contributed by atoms with Crippen molar-refractivity contribution < 1.29 is 19.3 Å². The Labute approximate surface area is 151 Å². The summed E-state index contributed by atoms with van der Waals surface area (Å²) >= 11 is 5.79. The van der Waals surface area contributed by atoms with Crippen LogP contribution in [0.25, 0.3) is 0 Å². The molecule has 0 saturated heterocycles. The number of aromatic nitrogens is 2. The molecule has 1 aromatic heterocycles. The van der Waals surface area contributed by atoms with Crippen LogP contribution in [0.3, 0.4) is 0 Å². The van der Waals surface area contributed by atoms with Gasteiger partial charge in [0.2, 0.25) is 0 Å². The molecule has 0 atom stereocenters. The van der Waals surface area contributed by atoms with Crippen molar-refractivity contribution in [2.75, 3.05) is 5.32 Å². The van der Waals surface area contributed by atoms with Crippen LogP contribution in [0.15, 0.2) is 41.7 Å². The van der Waals surface area contributed by atoms with Crippen LogP contribution in [0.2, 0.25) is 5.02 Å². The Hall–Kier alpha value is -3.39. The molecule has 0 amide bonds. The predicted octanol–water partition coefficient (Wildman–Crippen LogP) is 4.28. The summed E-state index contributed by atoms with van der Waals surface area (Å²) in [6.45, 7) is 0. The van der Waals surface area contributed by atoms with E-state index in [0.29, 0.717) is 5.56 Å². The van der Waals surface area contributed by atoms with Crippen molar-refractivity contribution in [2.24, 2.45) is 4.99 Å². The highest BCUT2D eigenvalue weighted by Crippen LogP contribution is 2.42. The van der Waals surface area contributed by atoms with Crippen molar-refractivity contribution in [1.82, 2.24) is 9.97 Å². The number of halogens is 2. The van der Waals surface area contributed by atoms with Gasteiger partial charge in [0.05, 0.1) is 10.7 Å². The molecule has 0 fully saturated rings. The van der Waals surface area contributed by atoms with E-state index in [4.69, 9.17) is 16.3 Å². The topological polar surface area (TPSA) is 99.9 Å². The third kappa shape index (κ3) is 2.76. The molecule has 3 N–H and O–H groups in total. The van der Waals surface area contributed by atoms with Gasteiger partial charge in [-0.2, -0.15) is 4.98 Å². The number of nitrogens with zero attached hydrogens (tertiary/aromatic N) is 3. The van der Waals surface area contributed by atoms with Gasteiger partial charge in [-0.05, 0) is 18.2 Å². The summed E-state index contributed by atoms with van der Waals surface area (Å²) in [4.78, 5) is 12.4. The van der Waals surface area contributed by atoms with Gasteiger partial charge in [-0.1, -0.05) is 17.7 Å². The normalized spacial score (nSPS) is 11.9. The number of nitrogens with one attached hydrogen (secondary N) is 1. The number of ether oxygens (including phenoxy) is 1. The SMILES string of the molecule is Oc1cc2c(cc1O)Oc1ncnc(Nc3cccc(Cl)c3F)c1N=C2. The Kier molecular flexibility index (Phi) is 3.81. The van der Waals surface area contributed by atoms with Crippen LogP contribution in [-0.4, -0.2) is 26.4 Å². The highest BCUT2D eigenvalue weighted by atomic mass is 35.5. The molecule has 9 heteroatoms. The molecule has 0 radical (unpaired) electrons. The lowest BCUT2D eigenvalue weighted by molar-refractivity contribution is 0.396. The standard InChI is InChI=1S/C17H10ClFN4O3/c18-9-2-1-3-10(14(9)19)23-16-15-17(22-7-21-16)26-13-5-12(25)11(24)4-8(13)6-20-15/h1-7,24-25H,(H,21,22,23). The van der Waals surface area contributed by atoms with Gasteiger partial charge >= 0.3 is 0 Å². The molecule has 3 aromatic rings. The average Bonchev–Trinajstić information content (AvgIpc) is 2.79. The highest BCUT2D eigenvalue weighted by molar-refractivity contribution is 6.31. The zero-order valence-corrected chi connectivity index (χ0v) is 13.7. The molecule has 1 aliphatic heterocycles. The number of phenols is 2. The van der Waals surface area contributed by atoms with Gasteiger partial charge in [0.25, 0.3) is 5.88 Å². The summed E-state index contributed by atoms with van der Waals surface area (Å²) in [5.74, 6) is -0.720. The number of benzene rings is 2. The van der Waals surface area contributed by atoms with Crippen molar-refractivity contribution in [3.63, 3.8) is 0 Å². The minimum Gasteiger partial charge on any atom is -0.504 e. The summed E-state index contributed by atoms with van der Waals surface area (Å²) < 4.78 is 19.8. The minimum atomic E-state index is -0.627. The summed E-state index contributed by atoms with van der Waals surface area (Å²) in [5, 5.41) is 22.1. The smallest absolute Gasteiger partial charge is 0.250 e. The zero-order valence-electron chi connectivity index (χ0n) is 12.9. The Morgan fingerprint density at radius 2 is 1.92 bits per heavy atom. The number of anilines is 2. The van der Waals surface area contributed by atoms with Crippen LogP contribution < -0.4 is 10.1 Å². The monoisotopic (exact) mass is 372 g/mol. The first-order chi connectivity index (χ1) is 12.5. The summed E-state index contributed by atoms with van der Waals surface area (Å²) in [6, 6.07) is 7.07. The van der Waals surface area contributed by atoms with Gasteiger partial charge in [0.15, 0.2) is 28.8 Å². The molecule has 0 unspecified atom stereocenters. The number of rotatable bonds is 2. The van der Waals surface area contributed by atoms with E-state index in [1.54, 1.807) is 6.07 Å². The van der Waals surface area contributed by atoms with Gasteiger partial charge < -0.3 is 20.3 Å². The number of hydrogen-bond acceptors (Lipinski definition) is 7.